The Morgan fingerprint density at radius 3 is 2.30 bits per heavy atom. The maximum Gasteiger partial charge on any atom is 0.290 e. The van der Waals surface area contributed by atoms with Gasteiger partial charge in [-0.05, 0) is 13.1 Å². The van der Waals surface area contributed by atoms with Crippen molar-refractivity contribution >= 4 is 12.8 Å². The van der Waals surface area contributed by atoms with Gasteiger partial charge < -0.3 is 10.4 Å². The number of hydrogen-bond acceptors (Lipinski definition) is 3. The highest BCUT2D eigenvalue weighted by Gasteiger charge is 1.64. The largest absolute Gasteiger partial charge is 0.483 e. The summed E-state index contributed by atoms with van der Waals surface area (Å²) in [5.74, 6) is 0. The molecule has 0 spiro atoms. The molecule has 0 bridgehead atoms. The van der Waals surface area contributed by atoms with Crippen molar-refractivity contribution in [2.24, 2.45) is 0 Å². The number of aldehydes is 1. The minimum absolute atomic E-state index is 0.250. The molecule has 0 aliphatic rings. The van der Waals surface area contributed by atoms with Crippen molar-refractivity contribution < 1.29 is 14.7 Å². The summed E-state index contributed by atoms with van der Waals surface area (Å²) >= 11 is 0. The molecule has 0 aliphatic carbocycles. The fourth-order valence-corrected chi connectivity index (χ4v) is 0.241. The van der Waals surface area contributed by atoms with Gasteiger partial charge in [0.1, 0.15) is 6.29 Å². The monoisotopic (exact) mass is 145 g/mol. The molecule has 0 aliphatic heterocycles. The Morgan fingerprint density at radius 2 is 2.00 bits per heavy atom. The highest BCUT2D eigenvalue weighted by atomic mass is 16.3. The molecule has 2 N–H and O–H groups in total. The van der Waals surface area contributed by atoms with E-state index in [1.807, 2.05) is 7.05 Å². The third kappa shape index (κ3) is 28.9. The second-order valence-electron chi connectivity index (χ2n) is 1.23. The van der Waals surface area contributed by atoms with Crippen LogP contribution >= 0.6 is 0 Å². The van der Waals surface area contributed by atoms with Crippen LogP contribution in [0.25, 0.3) is 0 Å². The number of rotatable bonds is 3. The molecule has 58 valence electrons. The van der Waals surface area contributed by atoms with Gasteiger partial charge >= 0.3 is 0 Å². The molecule has 4 heteroatoms. The summed E-state index contributed by atoms with van der Waals surface area (Å²) in [4.78, 5) is 17.9. The Labute approximate surface area is 59.5 Å². The predicted molar refractivity (Wildman–Crippen MR) is 37.8 cm³/mol. The van der Waals surface area contributed by atoms with Crippen LogP contribution in [0, 0.1) is 0 Å². The van der Waals surface area contributed by atoms with Crippen LogP contribution < -0.4 is 5.32 Å². The van der Waals surface area contributed by atoms with Gasteiger partial charge in [0.2, 0.25) is 0 Å². The molecule has 0 saturated heterocycles. The summed E-state index contributed by atoms with van der Waals surface area (Å²) in [7, 11) is 1.83. The molecule has 0 aromatic rings. The van der Waals surface area contributed by atoms with E-state index in [0.29, 0.717) is 0 Å². The maximum atomic E-state index is 9.57. The topological polar surface area (TPSA) is 66.4 Å². The Balaban J connectivity index is 0. The molecule has 0 amide bonds. The minimum Gasteiger partial charge on any atom is -0.483 e. The molecule has 0 saturated carbocycles. The van der Waals surface area contributed by atoms with Gasteiger partial charge in [-0.3, -0.25) is 9.59 Å². The molecule has 0 atom stereocenters. The second kappa shape index (κ2) is 15.7. The van der Waals surface area contributed by atoms with Crippen LogP contribution in [0.3, 0.4) is 0 Å². The van der Waals surface area contributed by atoms with Gasteiger partial charge in [-0.2, -0.15) is 0 Å². The van der Waals surface area contributed by atoms with Gasteiger partial charge in [0.15, 0.2) is 0 Å². The van der Waals surface area contributed by atoms with Gasteiger partial charge in [0.05, 0.1) is 0 Å². The van der Waals surface area contributed by atoms with Gasteiger partial charge in [0.25, 0.3) is 6.47 Å². The van der Waals surface area contributed by atoms with Crippen molar-refractivity contribution in [2.45, 2.75) is 0 Å². The lowest BCUT2D eigenvalue weighted by Crippen LogP contribution is -2.03. The zero-order valence-electron chi connectivity index (χ0n) is 5.78. The summed E-state index contributed by atoms with van der Waals surface area (Å²) < 4.78 is 0. The number of carbonyl (C=O) groups is 2. The fraction of sp³-hybridized carbons (Fsp3) is 0.333. The summed E-state index contributed by atoms with van der Waals surface area (Å²) in [5, 5.41) is 9.75. The standard InChI is InChI=1S/C5H9NO.CH2O2/c1-6-4-2-3-5-7;2-1-3/h2-3,5-6H,4H2,1H3;1H,(H,2,3). The number of allylic oxidation sites excluding steroid dienone is 1. The van der Waals surface area contributed by atoms with Gasteiger partial charge in [-0.25, -0.2) is 0 Å². The quantitative estimate of drug-likeness (QED) is 0.421. The lowest BCUT2D eigenvalue weighted by atomic mass is 10.5. The summed E-state index contributed by atoms with van der Waals surface area (Å²) in [6.07, 6.45) is 3.99. The molecule has 4 nitrogen and oxygen atoms in total. The Kier molecular flexibility index (Phi) is 18.2. The molecule has 0 rings (SSSR count). The molecule has 0 fully saturated rings. The maximum absolute atomic E-state index is 9.57. The minimum atomic E-state index is -0.250. The normalized spacial score (nSPS) is 8.10. The van der Waals surface area contributed by atoms with E-state index in [1.54, 1.807) is 6.08 Å². The van der Waals surface area contributed by atoms with Crippen LogP contribution in [0.1, 0.15) is 0 Å². The lowest BCUT2D eigenvalue weighted by Gasteiger charge is -1.81. The Bertz CT molecular complexity index is 101. The third-order valence-corrected chi connectivity index (χ3v) is 0.537. The van der Waals surface area contributed by atoms with Crippen molar-refractivity contribution in [3.05, 3.63) is 12.2 Å². The number of nitrogens with one attached hydrogen (secondary N) is 1. The first kappa shape index (κ1) is 11.6. The van der Waals surface area contributed by atoms with E-state index in [0.717, 1.165) is 12.8 Å². The van der Waals surface area contributed by atoms with Crippen molar-refractivity contribution in [3.63, 3.8) is 0 Å². The zero-order chi connectivity index (χ0) is 8.24. The van der Waals surface area contributed by atoms with E-state index in [1.165, 1.54) is 6.08 Å². The van der Waals surface area contributed by atoms with Gasteiger partial charge in [0, 0.05) is 6.54 Å². The number of carboxylic acid groups (broad SMARTS) is 1. The molecule has 0 radical (unpaired) electrons. The summed E-state index contributed by atoms with van der Waals surface area (Å²) in [6, 6.07) is 0. The van der Waals surface area contributed by atoms with Crippen molar-refractivity contribution in [2.75, 3.05) is 13.6 Å². The van der Waals surface area contributed by atoms with Crippen molar-refractivity contribution in [1.29, 1.82) is 0 Å². The first-order valence-electron chi connectivity index (χ1n) is 2.66. The van der Waals surface area contributed by atoms with E-state index in [-0.39, 0.29) is 6.47 Å². The van der Waals surface area contributed by atoms with Crippen LogP contribution in [0.5, 0.6) is 0 Å². The first-order chi connectivity index (χ1) is 4.83. The zero-order valence-corrected chi connectivity index (χ0v) is 5.78. The van der Waals surface area contributed by atoms with Crippen LogP contribution in [0.2, 0.25) is 0 Å². The fourth-order valence-electron chi connectivity index (χ4n) is 0.241. The number of hydrogen-bond donors (Lipinski definition) is 2. The number of carbonyl (C=O) groups excluding carboxylic acids is 1. The van der Waals surface area contributed by atoms with E-state index >= 15 is 0 Å². The molecule has 10 heavy (non-hydrogen) atoms. The van der Waals surface area contributed by atoms with E-state index in [4.69, 9.17) is 9.90 Å². The summed E-state index contributed by atoms with van der Waals surface area (Å²) in [5.41, 5.74) is 0. The SMILES string of the molecule is CNCC=CC=O.O=CO. The molecule has 0 aromatic heterocycles. The third-order valence-electron chi connectivity index (χ3n) is 0.537. The highest BCUT2D eigenvalue weighted by molar-refractivity contribution is 5.64. The van der Waals surface area contributed by atoms with E-state index in [9.17, 15) is 4.79 Å². The van der Waals surface area contributed by atoms with E-state index < -0.39 is 0 Å². The predicted octanol–water partition coefficient (Wildman–Crippen LogP) is -0.338. The Morgan fingerprint density at radius 1 is 1.50 bits per heavy atom. The first-order valence-corrected chi connectivity index (χ1v) is 2.66. The Hall–Kier alpha value is -1.16. The van der Waals surface area contributed by atoms with Crippen LogP contribution in [0.4, 0.5) is 0 Å². The average molecular weight is 145 g/mol. The number of likely N-dealkylation sites (N-methyl/N-ethyl adjacent to an activating group) is 1. The van der Waals surface area contributed by atoms with E-state index in [2.05, 4.69) is 5.32 Å². The van der Waals surface area contributed by atoms with Crippen LogP contribution in [0.15, 0.2) is 12.2 Å². The molecule has 0 unspecified atom stereocenters. The molecule has 0 heterocycles. The molecular formula is C6H11NO3. The summed E-state index contributed by atoms with van der Waals surface area (Å²) in [6.45, 7) is 0.513. The van der Waals surface area contributed by atoms with Crippen molar-refractivity contribution in [3.8, 4) is 0 Å². The molecular weight excluding hydrogens is 134 g/mol. The van der Waals surface area contributed by atoms with Crippen molar-refractivity contribution in [1.82, 2.24) is 5.32 Å². The van der Waals surface area contributed by atoms with Gasteiger partial charge in [-0.15, -0.1) is 0 Å². The highest BCUT2D eigenvalue weighted by Crippen LogP contribution is 1.60. The smallest absolute Gasteiger partial charge is 0.290 e. The van der Waals surface area contributed by atoms with Crippen LogP contribution in [-0.2, 0) is 9.59 Å². The average Bonchev–Trinajstić information content (AvgIpc) is 1.91. The lowest BCUT2D eigenvalue weighted by molar-refractivity contribution is -0.122. The molecule has 0 aromatic carbocycles. The second-order valence-corrected chi connectivity index (χ2v) is 1.23. The van der Waals surface area contributed by atoms with Crippen LogP contribution in [-0.4, -0.2) is 31.5 Å². The van der Waals surface area contributed by atoms with Gasteiger partial charge in [-0.1, -0.05) is 6.08 Å².